The fourth-order valence-electron chi connectivity index (χ4n) is 3.64. The van der Waals surface area contributed by atoms with Gasteiger partial charge in [-0.25, -0.2) is 4.98 Å². The Morgan fingerprint density at radius 3 is 2.77 bits per heavy atom. The highest BCUT2D eigenvalue weighted by Crippen LogP contribution is 2.19. The zero-order valence-corrected chi connectivity index (χ0v) is 17.0. The first-order valence-electron chi connectivity index (χ1n) is 9.98. The number of aliphatic imine (C=N–C) groups is 1. The monoisotopic (exact) mass is 379 g/mol. The highest BCUT2D eigenvalue weighted by atomic mass is 32.1. The first-order valence-corrected chi connectivity index (χ1v) is 10.9. The van der Waals surface area contributed by atoms with Crippen molar-refractivity contribution in [2.45, 2.75) is 51.7 Å². The molecule has 3 rings (SSSR count). The molecule has 2 fully saturated rings. The van der Waals surface area contributed by atoms with Crippen LogP contribution in [-0.2, 0) is 17.7 Å². The van der Waals surface area contributed by atoms with Crippen molar-refractivity contribution < 1.29 is 4.74 Å². The molecule has 3 heterocycles. The normalized spacial score (nSPS) is 22.7. The third kappa shape index (κ3) is 5.93. The van der Waals surface area contributed by atoms with E-state index in [9.17, 15) is 0 Å². The van der Waals surface area contributed by atoms with E-state index in [0.717, 1.165) is 58.1 Å². The topological polar surface area (TPSA) is 61.8 Å². The zero-order chi connectivity index (χ0) is 18.2. The van der Waals surface area contributed by atoms with Crippen molar-refractivity contribution in [3.05, 3.63) is 16.1 Å². The van der Waals surface area contributed by atoms with E-state index in [0.29, 0.717) is 12.0 Å². The molecule has 0 amide bonds. The lowest BCUT2D eigenvalue weighted by Gasteiger charge is -2.31. The second kappa shape index (κ2) is 10.2. The third-order valence-electron chi connectivity index (χ3n) is 5.30. The SMILES string of the molecule is CCc1nc(CN2CCC(CNC(=NC)NCC3CCCO3)CC2)cs1. The van der Waals surface area contributed by atoms with Crippen molar-refractivity contribution in [3.8, 4) is 0 Å². The highest BCUT2D eigenvalue weighted by Gasteiger charge is 2.20. The van der Waals surface area contributed by atoms with Gasteiger partial charge in [-0.2, -0.15) is 0 Å². The molecule has 0 spiro atoms. The number of nitrogens with zero attached hydrogens (tertiary/aromatic N) is 3. The largest absolute Gasteiger partial charge is 0.376 e. The van der Waals surface area contributed by atoms with E-state index in [-0.39, 0.29) is 0 Å². The van der Waals surface area contributed by atoms with Crippen LogP contribution < -0.4 is 10.6 Å². The van der Waals surface area contributed by atoms with Gasteiger partial charge in [0.2, 0.25) is 0 Å². The average Bonchev–Trinajstić information content (AvgIpc) is 3.35. The molecule has 1 aromatic rings. The fourth-order valence-corrected chi connectivity index (χ4v) is 4.38. The Labute approximate surface area is 161 Å². The number of guanidine groups is 1. The quantitative estimate of drug-likeness (QED) is 0.562. The molecule has 6 nitrogen and oxygen atoms in total. The second-order valence-corrected chi connectivity index (χ2v) is 8.22. The van der Waals surface area contributed by atoms with E-state index in [1.807, 2.05) is 7.05 Å². The van der Waals surface area contributed by atoms with Crippen LogP contribution in [0.5, 0.6) is 0 Å². The smallest absolute Gasteiger partial charge is 0.191 e. The molecular weight excluding hydrogens is 346 g/mol. The predicted octanol–water partition coefficient (Wildman–Crippen LogP) is 2.26. The summed E-state index contributed by atoms with van der Waals surface area (Å²) < 4.78 is 5.66. The maximum atomic E-state index is 5.66. The lowest BCUT2D eigenvalue weighted by Crippen LogP contribution is -2.44. The van der Waals surface area contributed by atoms with E-state index in [4.69, 9.17) is 9.72 Å². The van der Waals surface area contributed by atoms with Crippen molar-refractivity contribution in [3.63, 3.8) is 0 Å². The Kier molecular flexibility index (Phi) is 7.70. The van der Waals surface area contributed by atoms with E-state index in [1.165, 1.54) is 30.0 Å². The molecule has 2 aliphatic heterocycles. The molecular formula is C19H33N5OS. The van der Waals surface area contributed by atoms with Crippen molar-refractivity contribution in [1.29, 1.82) is 0 Å². The molecule has 0 saturated carbocycles. The van der Waals surface area contributed by atoms with Gasteiger partial charge in [0.15, 0.2) is 5.96 Å². The summed E-state index contributed by atoms with van der Waals surface area (Å²) >= 11 is 1.79. The van der Waals surface area contributed by atoms with Gasteiger partial charge in [-0.15, -0.1) is 11.3 Å². The van der Waals surface area contributed by atoms with Crippen LogP contribution in [0.1, 0.15) is 43.3 Å². The molecule has 2 aliphatic rings. The number of piperidine rings is 1. The predicted molar refractivity (Wildman–Crippen MR) is 108 cm³/mol. The molecule has 1 aromatic heterocycles. The Bertz CT molecular complexity index is 562. The number of likely N-dealkylation sites (tertiary alicyclic amines) is 1. The molecule has 0 bridgehead atoms. The van der Waals surface area contributed by atoms with Gasteiger partial charge in [0, 0.05) is 38.7 Å². The summed E-state index contributed by atoms with van der Waals surface area (Å²) in [5, 5.41) is 10.4. The molecule has 0 radical (unpaired) electrons. The first kappa shape index (κ1) is 19.6. The van der Waals surface area contributed by atoms with Gasteiger partial charge in [0.1, 0.15) is 0 Å². The van der Waals surface area contributed by atoms with Crippen LogP contribution in [0.25, 0.3) is 0 Å². The van der Waals surface area contributed by atoms with E-state index >= 15 is 0 Å². The van der Waals surface area contributed by atoms with Crippen molar-refractivity contribution in [2.75, 3.05) is 39.8 Å². The number of hydrogen-bond donors (Lipinski definition) is 2. The van der Waals surface area contributed by atoms with Crippen LogP contribution in [0.2, 0.25) is 0 Å². The van der Waals surface area contributed by atoms with Crippen LogP contribution in [0, 0.1) is 5.92 Å². The minimum atomic E-state index is 0.343. The summed E-state index contributed by atoms with van der Waals surface area (Å²) in [4.78, 5) is 11.6. The van der Waals surface area contributed by atoms with Crippen LogP contribution in [-0.4, -0.2) is 61.8 Å². The van der Waals surface area contributed by atoms with Crippen LogP contribution in [0.4, 0.5) is 0 Å². The molecule has 1 atom stereocenters. The number of aryl methyl sites for hydroxylation is 1. The van der Waals surface area contributed by atoms with Gasteiger partial charge in [-0.1, -0.05) is 6.92 Å². The summed E-state index contributed by atoms with van der Waals surface area (Å²) in [7, 11) is 1.84. The molecule has 26 heavy (non-hydrogen) atoms. The standard InChI is InChI=1S/C19H33N5OS/c1-3-18-23-16(14-26-18)13-24-8-6-15(7-9-24)11-21-19(20-2)22-12-17-5-4-10-25-17/h14-15,17H,3-13H2,1-2H3,(H2,20,21,22). The van der Waals surface area contributed by atoms with Crippen molar-refractivity contribution in [1.82, 2.24) is 20.5 Å². The number of thiazole rings is 1. The molecule has 2 saturated heterocycles. The molecule has 0 aromatic carbocycles. The van der Waals surface area contributed by atoms with Crippen molar-refractivity contribution in [2.24, 2.45) is 10.9 Å². The average molecular weight is 380 g/mol. The molecule has 7 heteroatoms. The zero-order valence-electron chi connectivity index (χ0n) is 16.2. The van der Waals surface area contributed by atoms with E-state index < -0.39 is 0 Å². The Balaban J connectivity index is 1.32. The van der Waals surface area contributed by atoms with E-state index in [2.05, 4.69) is 32.8 Å². The van der Waals surface area contributed by atoms with Crippen LogP contribution >= 0.6 is 11.3 Å². The maximum absolute atomic E-state index is 5.66. The molecule has 0 aliphatic carbocycles. The summed E-state index contributed by atoms with van der Waals surface area (Å²) in [6, 6.07) is 0. The maximum Gasteiger partial charge on any atom is 0.191 e. The summed E-state index contributed by atoms with van der Waals surface area (Å²) in [5.74, 6) is 1.62. The minimum Gasteiger partial charge on any atom is -0.376 e. The number of ether oxygens (including phenoxy) is 1. The van der Waals surface area contributed by atoms with Crippen LogP contribution in [0.3, 0.4) is 0 Å². The number of hydrogen-bond acceptors (Lipinski definition) is 5. The lowest BCUT2D eigenvalue weighted by atomic mass is 9.97. The van der Waals surface area contributed by atoms with Gasteiger partial charge in [-0.05, 0) is 51.1 Å². The van der Waals surface area contributed by atoms with Gasteiger partial charge < -0.3 is 15.4 Å². The Hall–Kier alpha value is -1.18. The number of rotatable bonds is 7. The molecule has 146 valence electrons. The summed E-state index contributed by atoms with van der Waals surface area (Å²) in [6.45, 7) is 8.24. The highest BCUT2D eigenvalue weighted by molar-refractivity contribution is 7.09. The Morgan fingerprint density at radius 2 is 2.12 bits per heavy atom. The van der Waals surface area contributed by atoms with Crippen LogP contribution in [0.15, 0.2) is 10.4 Å². The van der Waals surface area contributed by atoms with E-state index in [1.54, 1.807) is 11.3 Å². The third-order valence-corrected chi connectivity index (χ3v) is 6.34. The number of nitrogens with one attached hydrogen (secondary N) is 2. The number of aromatic nitrogens is 1. The van der Waals surface area contributed by atoms with Gasteiger partial charge in [-0.3, -0.25) is 9.89 Å². The first-order chi connectivity index (χ1) is 12.8. The van der Waals surface area contributed by atoms with Gasteiger partial charge in [0.25, 0.3) is 0 Å². The lowest BCUT2D eigenvalue weighted by molar-refractivity contribution is 0.113. The summed E-state index contributed by atoms with van der Waals surface area (Å²) in [5.41, 5.74) is 1.24. The molecule has 2 N–H and O–H groups in total. The summed E-state index contributed by atoms with van der Waals surface area (Å²) in [6.07, 6.45) is 6.19. The molecule has 1 unspecified atom stereocenters. The van der Waals surface area contributed by atoms with Gasteiger partial charge >= 0.3 is 0 Å². The fraction of sp³-hybridized carbons (Fsp3) is 0.789. The minimum absolute atomic E-state index is 0.343. The second-order valence-electron chi connectivity index (χ2n) is 7.27. The Morgan fingerprint density at radius 1 is 1.31 bits per heavy atom. The van der Waals surface area contributed by atoms with Crippen molar-refractivity contribution >= 4 is 17.3 Å². The van der Waals surface area contributed by atoms with Gasteiger partial charge in [0.05, 0.1) is 16.8 Å².